The Morgan fingerprint density at radius 2 is 1.17 bits per heavy atom. The fourth-order valence-corrected chi connectivity index (χ4v) is 2.34. The molecule has 0 aromatic heterocycles. The van der Waals surface area contributed by atoms with Gasteiger partial charge in [-0.2, -0.15) is 0 Å². The zero-order chi connectivity index (χ0) is 22.7. The number of benzene rings is 2. The topological polar surface area (TPSA) is 49.7 Å². The van der Waals surface area contributed by atoms with Gasteiger partial charge in [-0.3, -0.25) is 0 Å². The van der Waals surface area contributed by atoms with Crippen molar-refractivity contribution in [2.75, 3.05) is 13.2 Å². The minimum absolute atomic E-state index is 0.0962. The summed E-state index contributed by atoms with van der Waals surface area (Å²) in [4.78, 5) is 0. The predicted molar refractivity (Wildman–Crippen MR) is 125 cm³/mol. The van der Waals surface area contributed by atoms with Crippen LogP contribution in [0.4, 0.5) is 0 Å². The molecule has 3 nitrogen and oxygen atoms in total. The summed E-state index contributed by atoms with van der Waals surface area (Å²) in [5.74, 6) is 1.91. The van der Waals surface area contributed by atoms with Gasteiger partial charge in [-0.25, -0.2) is 0 Å². The number of phenols is 1. The third-order valence-corrected chi connectivity index (χ3v) is 4.22. The number of ether oxygens (including phenoxy) is 1. The van der Waals surface area contributed by atoms with Crippen LogP contribution in [0.15, 0.2) is 48.5 Å². The Morgan fingerprint density at radius 3 is 1.55 bits per heavy atom. The highest BCUT2D eigenvalue weighted by atomic mass is 16.5. The van der Waals surface area contributed by atoms with Crippen LogP contribution in [0, 0.1) is 11.3 Å². The van der Waals surface area contributed by atoms with Crippen LogP contribution >= 0.6 is 0 Å². The second-order valence-electron chi connectivity index (χ2n) is 9.04. The Kier molecular flexibility index (Phi) is 11.7. The van der Waals surface area contributed by atoms with E-state index in [0.29, 0.717) is 6.61 Å². The minimum atomic E-state index is -0.246. The molecule has 2 N–H and O–H groups in total. The SMILES string of the molecule is CC.CC(C)(CO)COc1ccc(C(C)(C)c2ccc(O)cc2)cc1.CC(C)C. The third-order valence-electron chi connectivity index (χ3n) is 4.22. The molecule has 29 heavy (non-hydrogen) atoms. The van der Waals surface area contributed by atoms with Gasteiger partial charge in [-0.15, -0.1) is 0 Å². The molecule has 0 bridgehead atoms. The average Bonchev–Trinajstić information content (AvgIpc) is 2.68. The first-order valence-corrected chi connectivity index (χ1v) is 10.6. The van der Waals surface area contributed by atoms with Gasteiger partial charge in [0, 0.05) is 10.8 Å². The summed E-state index contributed by atoms with van der Waals surface area (Å²) in [5, 5.41) is 18.7. The summed E-state index contributed by atoms with van der Waals surface area (Å²) < 4.78 is 5.76. The predicted octanol–water partition coefficient (Wildman–Crippen LogP) is 6.80. The molecule has 164 valence electrons. The highest BCUT2D eigenvalue weighted by Crippen LogP contribution is 2.33. The van der Waals surface area contributed by atoms with E-state index in [0.717, 1.165) is 17.2 Å². The summed E-state index contributed by atoms with van der Waals surface area (Å²) in [7, 11) is 0. The lowest BCUT2D eigenvalue weighted by atomic mass is 9.78. The van der Waals surface area contributed by atoms with E-state index in [1.54, 1.807) is 12.1 Å². The summed E-state index contributed by atoms with van der Waals surface area (Å²) in [6.45, 7) is 19.3. The zero-order valence-electron chi connectivity index (χ0n) is 19.9. The highest BCUT2D eigenvalue weighted by molar-refractivity contribution is 5.41. The molecule has 0 unspecified atom stereocenters. The Balaban J connectivity index is 0.00000116. The lowest BCUT2D eigenvalue weighted by molar-refractivity contribution is 0.0975. The van der Waals surface area contributed by atoms with Gasteiger partial charge < -0.3 is 14.9 Å². The van der Waals surface area contributed by atoms with Crippen LogP contribution in [0.3, 0.4) is 0 Å². The molecule has 0 fully saturated rings. The number of rotatable bonds is 6. The van der Waals surface area contributed by atoms with Gasteiger partial charge in [0.25, 0.3) is 0 Å². The van der Waals surface area contributed by atoms with Crippen LogP contribution in [-0.4, -0.2) is 23.4 Å². The number of hydrogen-bond acceptors (Lipinski definition) is 3. The monoisotopic (exact) mass is 402 g/mol. The van der Waals surface area contributed by atoms with Crippen LogP contribution < -0.4 is 4.74 Å². The molecular weight excluding hydrogens is 360 g/mol. The number of aromatic hydroxyl groups is 1. The lowest BCUT2D eigenvalue weighted by Crippen LogP contribution is -2.25. The highest BCUT2D eigenvalue weighted by Gasteiger charge is 2.23. The normalized spacial score (nSPS) is 11.1. The molecule has 2 aromatic rings. The summed E-state index contributed by atoms with van der Waals surface area (Å²) in [6.07, 6.45) is 0. The molecule has 0 aliphatic rings. The van der Waals surface area contributed by atoms with Crippen LogP contribution in [0.5, 0.6) is 11.5 Å². The first-order chi connectivity index (χ1) is 13.5. The fraction of sp³-hybridized carbons (Fsp3) is 0.538. The van der Waals surface area contributed by atoms with Crippen molar-refractivity contribution in [2.24, 2.45) is 11.3 Å². The van der Waals surface area contributed by atoms with Crippen molar-refractivity contribution in [3.05, 3.63) is 59.7 Å². The molecule has 2 aromatic carbocycles. The average molecular weight is 403 g/mol. The molecule has 0 saturated heterocycles. The van der Waals surface area contributed by atoms with Gasteiger partial charge in [-0.05, 0) is 41.3 Å². The van der Waals surface area contributed by atoms with E-state index in [1.165, 1.54) is 5.56 Å². The van der Waals surface area contributed by atoms with E-state index in [4.69, 9.17) is 4.74 Å². The van der Waals surface area contributed by atoms with Crippen LogP contribution in [-0.2, 0) is 5.41 Å². The van der Waals surface area contributed by atoms with E-state index < -0.39 is 0 Å². The van der Waals surface area contributed by atoms with Crippen LogP contribution in [0.25, 0.3) is 0 Å². The molecule has 3 heteroatoms. The van der Waals surface area contributed by atoms with E-state index in [2.05, 4.69) is 46.8 Å². The second kappa shape index (κ2) is 12.5. The number of hydrogen-bond donors (Lipinski definition) is 2. The number of aliphatic hydroxyl groups excluding tert-OH is 1. The van der Waals surface area contributed by atoms with E-state index in [1.807, 2.05) is 52.0 Å². The molecule has 0 heterocycles. The molecule has 0 radical (unpaired) electrons. The largest absolute Gasteiger partial charge is 0.508 e. The van der Waals surface area contributed by atoms with Gasteiger partial charge in [0.2, 0.25) is 0 Å². The lowest BCUT2D eigenvalue weighted by Gasteiger charge is -2.27. The Hall–Kier alpha value is -2.00. The van der Waals surface area contributed by atoms with Crippen molar-refractivity contribution in [1.82, 2.24) is 0 Å². The Bertz CT molecular complexity index is 665. The maximum atomic E-state index is 9.44. The van der Waals surface area contributed by atoms with Gasteiger partial charge in [0.1, 0.15) is 11.5 Å². The van der Waals surface area contributed by atoms with E-state index in [9.17, 15) is 10.2 Å². The van der Waals surface area contributed by atoms with Crippen molar-refractivity contribution in [3.8, 4) is 11.5 Å². The van der Waals surface area contributed by atoms with E-state index in [-0.39, 0.29) is 23.2 Å². The van der Waals surface area contributed by atoms with Crippen molar-refractivity contribution in [1.29, 1.82) is 0 Å². The molecule has 0 saturated carbocycles. The number of aliphatic hydroxyl groups is 1. The van der Waals surface area contributed by atoms with Crippen LogP contribution in [0.2, 0.25) is 0 Å². The zero-order valence-corrected chi connectivity index (χ0v) is 19.9. The molecular formula is C26H42O3. The Morgan fingerprint density at radius 1 is 0.793 bits per heavy atom. The van der Waals surface area contributed by atoms with Crippen molar-refractivity contribution >= 4 is 0 Å². The van der Waals surface area contributed by atoms with Gasteiger partial charge >= 0.3 is 0 Å². The second-order valence-corrected chi connectivity index (χ2v) is 9.04. The number of phenolic OH excluding ortho intramolecular Hbond substituents is 1. The molecule has 0 amide bonds. The maximum Gasteiger partial charge on any atom is 0.119 e. The van der Waals surface area contributed by atoms with Gasteiger partial charge in [0.05, 0.1) is 13.2 Å². The van der Waals surface area contributed by atoms with Crippen molar-refractivity contribution < 1.29 is 14.9 Å². The fourth-order valence-electron chi connectivity index (χ4n) is 2.34. The summed E-state index contributed by atoms with van der Waals surface area (Å²) in [5.41, 5.74) is 1.92. The quantitative estimate of drug-likeness (QED) is 0.558. The van der Waals surface area contributed by atoms with Gasteiger partial charge in [0.15, 0.2) is 0 Å². The standard InChI is InChI=1S/C20H26O3.C4H10.C2H6/c1-19(2,13-21)14-23-18-11-7-16(8-12-18)20(3,4)15-5-9-17(22)10-6-15;1-4(2)3;1-2/h5-12,21-22H,13-14H2,1-4H3;4H,1-3H3;1-2H3. The van der Waals surface area contributed by atoms with Crippen molar-refractivity contribution in [3.63, 3.8) is 0 Å². The molecule has 0 aliphatic carbocycles. The smallest absolute Gasteiger partial charge is 0.119 e. The maximum absolute atomic E-state index is 9.44. The van der Waals surface area contributed by atoms with Crippen LogP contribution in [0.1, 0.15) is 73.4 Å². The first-order valence-electron chi connectivity index (χ1n) is 10.6. The molecule has 0 atom stereocenters. The first kappa shape index (κ1) is 27.0. The molecule has 2 rings (SSSR count). The van der Waals surface area contributed by atoms with E-state index >= 15 is 0 Å². The molecule has 0 aliphatic heterocycles. The van der Waals surface area contributed by atoms with Crippen molar-refractivity contribution in [2.45, 2.75) is 67.7 Å². The Labute approximate surface area is 178 Å². The third kappa shape index (κ3) is 9.85. The summed E-state index contributed by atoms with van der Waals surface area (Å²) in [6, 6.07) is 15.4. The minimum Gasteiger partial charge on any atom is -0.508 e. The van der Waals surface area contributed by atoms with Gasteiger partial charge in [-0.1, -0.05) is 86.6 Å². The molecule has 0 spiro atoms. The summed E-state index contributed by atoms with van der Waals surface area (Å²) >= 11 is 0.